The standard InChI is InChI=1S/C21H36N4O/c1-4-22-21(23-13-10-16-26-18(2)3)24-17-20(25-14-8-9-15-25)19-11-6-5-7-12-19/h5-7,11-12,18,20H,4,8-10,13-17H2,1-3H3,(H2,22,23,24). The van der Waals surface area contributed by atoms with E-state index in [0.717, 1.165) is 38.6 Å². The van der Waals surface area contributed by atoms with E-state index < -0.39 is 0 Å². The summed E-state index contributed by atoms with van der Waals surface area (Å²) in [6.45, 7) is 11.9. The Labute approximate surface area is 159 Å². The average molecular weight is 361 g/mol. The summed E-state index contributed by atoms with van der Waals surface area (Å²) < 4.78 is 5.60. The van der Waals surface area contributed by atoms with Gasteiger partial charge in [0.1, 0.15) is 0 Å². The largest absolute Gasteiger partial charge is 0.379 e. The van der Waals surface area contributed by atoms with Crippen molar-refractivity contribution in [2.75, 3.05) is 39.3 Å². The second kappa shape index (κ2) is 11.9. The highest BCUT2D eigenvalue weighted by atomic mass is 16.5. The van der Waals surface area contributed by atoms with Gasteiger partial charge in [-0.05, 0) is 58.7 Å². The third kappa shape index (κ3) is 7.34. The summed E-state index contributed by atoms with van der Waals surface area (Å²) in [5.74, 6) is 0.900. The Kier molecular flexibility index (Phi) is 9.50. The van der Waals surface area contributed by atoms with Crippen molar-refractivity contribution in [1.29, 1.82) is 0 Å². The molecule has 2 N–H and O–H groups in total. The molecular formula is C21H36N4O. The van der Waals surface area contributed by atoms with E-state index in [2.05, 4.69) is 66.6 Å². The first-order valence-electron chi connectivity index (χ1n) is 10.1. The molecule has 1 heterocycles. The number of guanidine groups is 1. The zero-order chi connectivity index (χ0) is 18.6. The van der Waals surface area contributed by atoms with E-state index in [4.69, 9.17) is 9.73 Å². The van der Waals surface area contributed by atoms with Crippen LogP contribution in [0.4, 0.5) is 0 Å². The van der Waals surface area contributed by atoms with Crippen LogP contribution in [0.1, 0.15) is 51.6 Å². The van der Waals surface area contributed by atoms with Crippen molar-refractivity contribution in [3.05, 3.63) is 35.9 Å². The zero-order valence-electron chi connectivity index (χ0n) is 16.7. The predicted octanol–water partition coefficient (Wildman–Crippen LogP) is 3.19. The third-order valence-electron chi connectivity index (χ3n) is 4.60. The first-order chi connectivity index (χ1) is 12.7. The molecule has 5 heteroatoms. The van der Waals surface area contributed by atoms with Gasteiger partial charge >= 0.3 is 0 Å². The smallest absolute Gasteiger partial charge is 0.191 e. The molecule has 0 aliphatic carbocycles. The summed E-state index contributed by atoms with van der Waals surface area (Å²) in [6.07, 6.45) is 3.86. The zero-order valence-corrected chi connectivity index (χ0v) is 16.7. The minimum atomic E-state index is 0.295. The first kappa shape index (κ1) is 20.7. The number of likely N-dealkylation sites (tertiary alicyclic amines) is 1. The van der Waals surface area contributed by atoms with Crippen molar-refractivity contribution < 1.29 is 4.74 Å². The number of nitrogens with zero attached hydrogens (tertiary/aromatic N) is 2. The van der Waals surface area contributed by atoms with Crippen molar-refractivity contribution in [2.45, 2.75) is 52.2 Å². The van der Waals surface area contributed by atoms with Crippen LogP contribution in [0.3, 0.4) is 0 Å². The van der Waals surface area contributed by atoms with Gasteiger partial charge in [0, 0.05) is 19.7 Å². The van der Waals surface area contributed by atoms with Crippen LogP contribution in [0, 0.1) is 0 Å². The lowest BCUT2D eigenvalue weighted by Crippen LogP contribution is -2.39. The summed E-state index contributed by atoms with van der Waals surface area (Å²) in [5, 5.41) is 6.79. The second-order valence-corrected chi connectivity index (χ2v) is 7.09. The Morgan fingerprint density at radius 3 is 2.54 bits per heavy atom. The van der Waals surface area contributed by atoms with Crippen LogP contribution in [0.5, 0.6) is 0 Å². The molecule has 0 saturated carbocycles. The van der Waals surface area contributed by atoms with E-state index in [1.807, 2.05) is 0 Å². The van der Waals surface area contributed by atoms with Crippen molar-refractivity contribution in [3.8, 4) is 0 Å². The summed E-state index contributed by atoms with van der Waals surface area (Å²) in [7, 11) is 0. The number of benzene rings is 1. The van der Waals surface area contributed by atoms with E-state index in [-0.39, 0.29) is 0 Å². The van der Waals surface area contributed by atoms with Gasteiger partial charge in [-0.25, -0.2) is 0 Å². The molecule has 1 saturated heterocycles. The van der Waals surface area contributed by atoms with Crippen LogP contribution < -0.4 is 10.6 Å². The quantitative estimate of drug-likeness (QED) is 0.382. The van der Waals surface area contributed by atoms with Crippen molar-refractivity contribution in [3.63, 3.8) is 0 Å². The molecule has 0 bridgehead atoms. The number of hydrogen-bond donors (Lipinski definition) is 2. The molecule has 0 aromatic heterocycles. The van der Waals surface area contributed by atoms with Gasteiger partial charge in [-0.2, -0.15) is 0 Å². The Balaban J connectivity index is 1.92. The highest BCUT2D eigenvalue weighted by Crippen LogP contribution is 2.25. The van der Waals surface area contributed by atoms with Crippen LogP contribution in [0.15, 0.2) is 35.3 Å². The number of hydrogen-bond acceptors (Lipinski definition) is 3. The minimum absolute atomic E-state index is 0.295. The summed E-state index contributed by atoms with van der Waals surface area (Å²) in [4.78, 5) is 7.45. The van der Waals surface area contributed by atoms with E-state index in [1.54, 1.807) is 0 Å². The summed E-state index contributed by atoms with van der Waals surface area (Å²) >= 11 is 0. The second-order valence-electron chi connectivity index (χ2n) is 7.09. The van der Waals surface area contributed by atoms with Gasteiger partial charge in [-0.3, -0.25) is 9.89 Å². The van der Waals surface area contributed by atoms with Gasteiger partial charge in [0.05, 0.1) is 18.7 Å². The van der Waals surface area contributed by atoms with E-state index in [1.165, 1.54) is 31.5 Å². The van der Waals surface area contributed by atoms with Crippen LogP contribution in [-0.4, -0.2) is 56.3 Å². The van der Waals surface area contributed by atoms with Crippen LogP contribution >= 0.6 is 0 Å². The Hall–Kier alpha value is -1.59. The molecule has 146 valence electrons. The van der Waals surface area contributed by atoms with Crippen LogP contribution in [0.25, 0.3) is 0 Å². The molecule has 1 atom stereocenters. The average Bonchev–Trinajstić information content (AvgIpc) is 3.16. The molecule has 1 unspecified atom stereocenters. The van der Waals surface area contributed by atoms with Gasteiger partial charge in [0.2, 0.25) is 0 Å². The maximum atomic E-state index is 5.60. The molecule has 1 aromatic rings. The highest BCUT2D eigenvalue weighted by Gasteiger charge is 2.23. The molecule has 0 amide bonds. The van der Waals surface area contributed by atoms with Gasteiger partial charge in [0.15, 0.2) is 5.96 Å². The van der Waals surface area contributed by atoms with E-state index in [9.17, 15) is 0 Å². The fourth-order valence-electron chi connectivity index (χ4n) is 3.28. The maximum absolute atomic E-state index is 5.60. The molecule has 1 aromatic carbocycles. The van der Waals surface area contributed by atoms with Crippen molar-refractivity contribution in [1.82, 2.24) is 15.5 Å². The number of ether oxygens (including phenoxy) is 1. The number of rotatable bonds is 10. The minimum Gasteiger partial charge on any atom is -0.379 e. The Morgan fingerprint density at radius 2 is 1.88 bits per heavy atom. The van der Waals surface area contributed by atoms with Crippen molar-refractivity contribution >= 4 is 5.96 Å². The van der Waals surface area contributed by atoms with Gasteiger partial charge in [-0.1, -0.05) is 30.3 Å². The Morgan fingerprint density at radius 1 is 1.15 bits per heavy atom. The fourth-order valence-corrected chi connectivity index (χ4v) is 3.28. The maximum Gasteiger partial charge on any atom is 0.191 e. The van der Waals surface area contributed by atoms with E-state index in [0.29, 0.717) is 12.1 Å². The normalized spacial score (nSPS) is 16.8. The summed E-state index contributed by atoms with van der Waals surface area (Å²) in [6, 6.07) is 11.1. The summed E-state index contributed by atoms with van der Waals surface area (Å²) in [5.41, 5.74) is 1.36. The molecule has 2 rings (SSSR count). The molecule has 1 aliphatic heterocycles. The lowest BCUT2D eigenvalue weighted by Gasteiger charge is -2.27. The predicted molar refractivity (Wildman–Crippen MR) is 110 cm³/mol. The molecule has 0 radical (unpaired) electrons. The lowest BCUT2D eigenvalue weighted by molar-refractivity contribution is 0.0776. The molecular weight excluding hydrogens is 324 g/mol. The third-order valence-corrected chi connectivity index (χ3v) is 4.60. The Bertz CT molecular complexity index is 512. The van der Waals surface area contributed by atoms with Crippen LogP contribution in [-0.2, 0) is 4.74 Å². The van der Waals surface area contributed by atoms with Gasteiger partial charge in [-0.15, -0.1) is 0 Å². The highest BCUT2D eigenvalue weighted by molar-refractivity contribution is 5.79. The number of aliphatic imine (C=N–C) groups is 1. The molecule has 1 fully saturated rings. The van der Waals surface area contributed by atoms with Crippen molar-refractivity contribution in [2.24, 2.45) is 4.99 Å². The lowest BCUT2D eigenvalue weighted by atomic mass is 10.1. The molecule has 5 nitrogen and oxygen atoms in total. The van der Waals surface area contributed by atoms with Gasteiger partial charge in [0.25, 0.3) is 0 Å². The van der Waals surface area contributed by atoms with Gasteiger partial charge < -0.3 is 15.4 Å². The monoisotopic (exact) mass is 360 g/mol. The SMILES string of the molecule is CCNC(=NCC(c1ccccc1)N1CCCC1)NCCCOC(C)C. The first-order valence-corrected chi connectivity index (χ1v) is 10.1. The number of nitrogens with one attached hydrogen (secondary N) is 2. The van der Waals surface area contributed by atoms with Crippen LogP contribution in [0.2, 0.25) is 0 Å². The fraction of sp³-hybridized carbons (Fsp3) is 0.667. The molecule has 26 heavy (non-hydrogen) atoms. The molecule has 1 aliphatic rings. The van der Waals surface area contributed by atoms with E-state index >= 15 is 0 Å². The molecule has 0 spiro atoms. The topological polar surface area (TPSA) is 48.9 Å².